The van der Waals surface area contributed by atoms with E-state index in [4.69, 9.17) is 0 Å². The van der Waals surface area contributed by atoms with Crippen molar-refractivity contribution in [1.82, 2.24) is 15.5 Å². The zero-order valence-electron chi connectivity index (χ0n) is 10.0. The van der Waals surface area contributed by atoms with Crippen molar-refractivity contribution >= 4 is 5.91 Å². The van der Waals surface area contributed by atoms with Gasteiger partial charge in [-0.1, -0.05) is 6.92 Å². The van der Waals surface area contributed by atoms with Gasteiger partial charge in [0.2, 0.25) is 5.91 Å². The third-order valence-electron chi connectivity index (χ3n) is 3.21. The first-order valence-electron chi connectivity index (χ1n) is 5.77. The van der Waals surface area contributed by atoms with Crippen LogP contribution in [-0.2, 0) is 4.79 Å². The maximum atomic E-state index is 11.9. The van der Waals surface area contributed by atoms with Crippen molar-refractivity contribution in [2.75, 3.05) is 40.3 Å². The van der Waals surface area contributed by atoms with E-state index < -0.39 is 0 Å². The number of nitrogens with zero attached hydrogens (tertiary/aromatic N) is 1. The van der Waals surface area contributed by atoms with Gasteiger partial charge in [-0.25, -0.2) is 0 Å². The molecule has 1 aliphatic heterocycles. The molecule has 1 unspecified atom stereocenters. The van der Waals surface area contributed by atoms with Gasteiger partial charge in [0.25, 0.3) is 0 Å². The molecule has 0 aromatic rings. The van der Waals surface area contributed by atoms with Crippen molar-refractivity contribution in [3.63, 3.8) is 0 Å². The Morgan fingerprint density at radius 3 is 2.73 bits per heavy atom. The van der Waals surface area contributed by atoms with Crippen LogP contribution in [0.5, 0.6) is 0 Å². The predicted octanol–water partition coefficient (Wildman–Crippen LogP) is -0.0902. The van der Waals surface area contributed by atoms with Crippen molar-refractivity contribution in [2.45, 2.75) is 13.3 Å². The van der Waals surface area contributed by atoms with Gasteiger partial charge in [0.1, 0.15) is 0 Å². The summed E-state index contributed by atoms with van der Waals surface area (Å²) in [6.45, 7) is 5.86. The fourth-order valence-electron chi connectivity index (χ4n) is 1.82. The lowest BCUT2D eigenvalue weighted by Gasteiger charge is -2.34. The first-order valence-corrected chi connectivity index (χ1v) is 5.77. The predicted molar refractivity (Wildman–Crippen MR) is 61.7 cm³/mol. The Kier molecular flexibility index (Phi) is 5.05. The number of amides is 1. The second-order valence-electron chi connectivity index (χ2n) is 4.42. The summed E-state index contributed by atoms with van der Waals surface area (Å²) < 4.78 is 0. The number of carbonyl (C=O) groups is 1. The molecule has 4 heteroatoms. The van der Waals surface area contributed by atoms with E-state index in [9.17, 15) is 4.79 Å². The smallest absolute Gasteiger partial charge is 0.225 e. The normalized spacial score (nSPS) is 18.3. The molecule has 0 aromatic heterocycles. The summed E-state index contributed by atoms with van der Waals surface area (Å²) in [4.78, 5) is 13.8. The summed E-state index contributed by atoms with van der Waals surface area (Å²) in [7, 11) is 3.84. The SMILES string of the molecule is CNCCCN(C)C(=O)C(C)C1CNC1. The van der Waals surface area contributed by atoms with Crippen LogP contribution in [-0.4, -0.2) is 51.1 Å². The largest absolute Gasteiger partial charge is 0.345 e. The Balaban J connectivity index is 2.24. The molecular formula is C11H23N3O. The first-order chi connectivity index (χ1) is 7.16. The Hall–Kier alpha value is -0.610. The minimum Gasteiger partial charge on any atom is -0.345 e. The van der Waals surface area contributed by atoms with Crippen molar-refractivity contribution in [3.8, 4) is 0 Å². The summed E-state index contributed by atoms with van der Waals surface area (Å²) in [6, 6.07) is 0. The molecule has 1 fully saturated rings. The van der Waals surface area contributed by atoms with Gasteiger partial charge in [0, 0.05) is 19.5 Å². The molecule has 2 N–H and O–H groups in total. The Morgan fingerprint density at radius 2 is 2.27 bits per heavy atom. The molecule has 1 atom stereocenters. The minimum atomic E-state index is 0.172. The summed E-state index contributed by atoms with van der Waals surface area (Å²) in [5.74, 6) is 1.01. The third kappa shape index (κ3) is 3.47. The zero-order valence-corrected chi connectivity index (χ0v) is 10.0. The topological polar surface area (TPSA) is 44.4 Å². The molecule has 0 saturated carbocycles. The number of hydrogen-bond donors (Lipinski definition) is 2. The van der Waals surface area contributed by atoms with Crippen molar-refractivity contribution < 1.29 is 4.79 Å². The maximum absolute atomic E-state index is 11.9. The van der Waals surface area contributed by atoms with Crippen LogP contribution in [0, 0.1) is 11.8 Å². The molecule has 0 spiro atoms. The monoisotopic (exact) mass is 213 g/mol. The Labute approximate surface area is 92.4 Å². The molecule has 1 heterocycles. The second kappa shape index (κ2) is 6.08. The lowest BCUT2D eigenvalue weighted by atomic mass is 9.88. The lowest BCUT2D eigenvalue weighted by Crippen LogP contribution is -2.50. The van der Waals surface area contributed by atoms with E-state index in [2.05, 4.69) is 10.6 Å². The minimum absolute atomic E-state index is 0.172. The molecule has 88 valence electrons. The summed E-state index contributed by atoms with van der Waals surface area (Å²) in [5, 5.41) is 6.30. The molecule has 4 nitrogen and oxygen atoms in total. The zero-order chi connectivity index (χ0) is 11.3. The van der Waals surface area contributed by atoms with Crippen molar-refractivity contribution in [2.24, 2.45) is 11.8 Å². The lowest BCUT2D eigenvalue weighted by molar-refractivity contribution is -0.136. The van der Waals surface area contributed by atoms with Gasteiger partial charge < -0.3 is 15.5 Å². The molecule has 0 aliphatic carbocycles. The van der Waals surface area contributed by atoms with Crippen LogP contribution in [0.2, 0.25) is 0 Å². The maximum Gasteiger partial charge on any atom is 0.225 e. The average molecular weight is 213 g/mol. The molecule has 15 heavy (non-hydrogen) atoms. The van der Waals surface area contributed by atoms with Crippen molar-refractivity contribution in [1.29, 1.82) is 0 Å². The highest BCUT2D eigenvalue weighted by molar-refractivity contribution is 5.78. The van der Waals surface area contributed by atoms with E-state index >= 15 is 0 Å². The quantitative estimate of drug-likeness (QED) is 0.606. The highest BCUT2D eigenvalue weighted by Gasteiger charge is 2.30. The van der Waals surface area contributed by atoms with Crippen LogP contribution in [0.4, 0.5) is 0 Å². The summed E-state index contributed by atoms with van der Waals surface area (Å²) >= 11 is 0. The standard InChI is InChI=1S/C11H23N3O/c1-9(10-7-13-8-10)11(15)14(3)6-4-5-12-2/h9-10,12-13H,4-8H2,1-3H3. The van der Waals surface area contributed by atoms with Crippen LogP contribution in [0.1, 0.15) is 13.3 Å². The van der Waals surface area contributed by atoms with Crippen LogP contribution >= 0.6 is 0 Å². The summed E-state index contributed by atoms with van der Waals surface area (Å²) in [6.07, 6.45) is 1.02. The van der Waals surface area contributed by atoms with E-state index in [0.29, 0.717) is 5.92 Å². The van der Waals surface area contributed by atoms with Gasteiger partial charge >= 0.3 is 0 Å². The fourth-order valence-corrected chi connectivity index (χ4v) is 1.82. The highest BCUT2D eigenvalue weighted by atomic mass is 16.2. The van der Waals surface area contributed by atoms with Gasteiger partial charge in [-0.15, -0.1) is 0 Å². The molecular weight excluding hydrogens is 190 g/mol. The van der Waals surface area contributed by atoms with Crippen LogP contribution < -0.4 is 10.6 Å². The Morgan fingerprint density at radius 1 is 1.60 bits per heavy atom. The molecule has 1 rings (SSSR count). The van der Waals surface area contributed by atoms with Gasteiger partial charge in [-0.2, -0.15) is 0 Å². The van der Waals surface area contributed by atoms with Gasteiger partial charge in [0.15, 0.2) is 0 Å². The van der Waals surface area contributed by atoms with E-state index in [0.717, 1.165) is 32.6 Å². The molecule has 0 aromatic carbocycles. The number of carbonyl (C=O) groups excluding carboxylic acids is 1. The molecule has 1 saturated heterocycles. The average Bonchev–Trinajstić information content (AvgIpc) is 2.14. The van der Waals surface area contributed by atoms with E-state index in [-0.39, 0.29) is 11.8 Å². The number of rotatable bonds is 6. The van der Waals surface area contributed by atoms with E-state index in [1.807, 2.05) is 25.9 Å². The fraction of sp³-hybridized carbons (Fsp3) is 0.909. The van der Waals surface area contributed by atoms with Crippen LogP contribution in [0.15, 0.2) is 0 Å². The van der Waals surface area contributed by atoms with Crippen LogP contribution in [0.25, 0.3) is 0 Å². The van der Waals surface area contributed by atoms with E-state index in [1.165, 1.54) is 0 Å². The van der Waals surface area contributed by atoms with Gasteiger partial charge in [-0.05, 0) is 39.0 Å². The van der Waals surface area contributed by atoms with Crippen LogP contribution in [0.3, 0.4) is 0 Å². The summed E-state index contributed by atoms with van der Waals surface area (Å²) in [5.41, 5.74) is 0. The molecule has 0 bridgehead atoms. The van der Waals surface area contributed by atoms with Gasteiger partial charge in [-0.3, -0.25) is 4.79 Å². The number of hydrogen-bond acceptors (Lipinski definition) is 3. The highest BCUT2D eigenvalue weighted by Crippen LogP contribution is 2.17. The first kappa shape index (κ1) is 12.5. The molecule has 1 amide bonds. The van der Waals surface area contributed by atoms with Crippen molar-refractivity contribution in [3.05, 3.63) is 0 Å². The third-order valence-corrected chi connectivity index (χ3v) is 3.21. The van der Waals surface area contributed by atoms with E-state index in [1.54, 1.807) is 0 Å². The van der Waals surface area contributed by atoms with Gasteiger partial charge in [0.05, 0.1) is 0 Å². The number of nitrogens with one attached hydrogen (secondary N) is 2. The Bertz CT molecular complexity index is 204. The molecule has 0 radical (unpaired) electrons. The molecule has 1 aliphatic rings. The second-order valence-corrected chi connectivity index (χ2v) is 4.42.